The fourth-order valence-corrected chi connectivity index (χ4v) is 3.94. The Kier molecular flexibility index (Phi) is 6.58. The molecule has 6 heteroatoms. The van der Waals surface area contributed by atoms with Crippen molar-refractivity contribution in [3.05, 3.63) is 48.1 Å². The molecule has 4 rings (SSSR count). The Morgan fingerprint density at radius 1 is 1.13 bits per heavy atom. The first-order valence-corrected chi connectivity index (χ1v) is 10.4. The van der Waals surface area contributed by atoms with Gasteiger partial charge < -0.3 is 14.2 Å². The SMILES string of the molecule is C=C(C)C(CCC(C)[C@@]12C=C[C@@](C)(CC1)OO2)OC(=O)c1ccc(OC)c(OC)c1. The second-order valence-electron chi connectivity index (χ2n) is 8.56. The summed E-state index contributed by atoms with van der Waals surface area (Å²) in [7, 11) is 3.08. The molecule has 6 nitrogen and oxygen atoms in total. The summed E-state index contributed by atoms with van der Waals surface area (Å²) in [6, 6.07) is 4.98. The van der Waals surface area contributed by atoms with Crippen LogP contribution in [0.2, 0.25) is 0 Å². The molecule has 1 aromatic carbocycles. The average Bonchev–Trinajstić information content (AvgIpc) is 2.76. The quantitative estimate of drug-likeness (QED) is 0.320. The van der Waals surface area contributed by atoms with Crippen molar-refractivity contribution >= 4 is 5.97 Å². The van der Waals surface area contributed by atoms with E-state index in [4.69, 9.17) is 24.0 Å². The molecule has 1 aromatic rings. The lowest BCUT2D eigenvalue weighted by Gasteiger charge is -2.48. The Morgan fingerprint density at radius 2 is 1.87 bits per heavy atom. The minimum Gasteiger partial charge on any atom is -0.493 e. The van der Waals surface area contributed by atoms with E-state index in [-0.39, 0.29) is 17.6 Å². The summed E-state index contributed by atoms with van der Waals surface area (Å²) in [5.74, 6) is 0.836. The predicted octanol–water partition coefficient (Wildman–Crippen LogP) is 5.03. The molecule has 2 unspecified atom stereocenters. The number of carbonyl (C=O) groups excluding carboxylic acids is 1. The van der Waals surface area contributed by atoms with E-state index in [9.17, 15) is 4.79 Å². The van der Waals surface area contributed by atoms with Crippen LogP contribution in [0.25, 0.3) is 0 Å². The molecule has 0 aromatic heterocycles. The van der Waals surface area contributed by atoms with Crippen molar-refractivity contribution in [2.24, 2.45) is 5.92 Å². The zero-order chi connectivity index (χ0) is 21.9. The number of rotatable bonds is 9. The van der Waals surface area contributed by atoms with E-state index < -0.39 is 11.6 Å². The van der Waals surface area contributed by atoms with E-state index in [2.05, 4.69) is 25.7 Å². The van der Waals surface area contributed by atoms with E-state index in [0.29, 0.717) is 23.5 Å². The van der Waals surface area contributed by atoms with Crippen molar-refractivity contribution in [2.45, 2.75) is 63.8 Å². The van der Waals surface area contributed by atoms with Crippen LogP contribution in [0.1, 0.15) is 56.8 Å². The highest BCUT2D eigenvalue weighted by Gasteiger charge is 2.48. The van der Waals surface area contributed by atoms with Gasteiger partial charge >= 0.3 is 5.97 Å². The smallest absolute Gasteiger partial charge is 0.338 e. The highest BCUT2D eigenvalue weighted by atomic mass is 17.2. The standard InChI is InChI=1S/C24H32O6/c1-16(2)19(28-22(25)18-8-10-20(26-5)21(15-18)27-6)9-7-17(3)24-13-11-23(4,12-14-24)29-30-24/h8,10-11,13,15,17,19H,1,7,9,12,14H2,2-6H3/t17?,19?,23-,24+/m0/s1. The molecule has 0 saturated carbocycles. The summed E-state index contributed by atoms with van der Waals surface area (Å²) in [6.45, 7) is 10.1. The zero-order valence-corrected chi connectivity index (χ0v) is 18.5. The fourth-order valence-electron chi connectivity index (χ4n) is 3.94. The van der Waals surface area contributed by atoms with Crippen LogP contribution in [0.5, 0.6) is 11.5 Å². The number of hydrogen-bond donors (Lipinski definition) is 0. The van der Waals surface area contributed by atoms with Gasteiger partial charge in [-0.15, -0.1) is 0 Å². The van der Waals surface area contributed by atoms with Gasteiger partial charge in [-0.25, -0.2) is 14.6 Å². The second kappa shape index (κ2) is 8.82. The van der Waals surface area contributed by atoms with Crippen LogP contribution in [-0.2, 0) is 14.5 Å². The van der Waals surface area contributed by atoms with Gasteiger partial charge in [0.15, 0.2) is 11.5 Å². The summed E-state index contributed by atoms with van der Waals surface area (Å²) >= 11 is 0. The summed E-state index contributed by atoms with van der Waals surface area (Å²) in [6.07, 6.45) is 7.18. The van der Waals surface area contributed by atoms with Gasteiger partial charge in [0.1, 0.15) is 17.3 Å². The first-order valence-electron chi connectivity index (χ1n) is 10.4. The van der Waals surface area contributed by atoms with Crippen molar-refractivity contribution < 1.29 is 28.8 Å². The Bertz CT molecular complexity index is 819. The third-order valence-corrected chi connectivity index (χ3v) is 6.23. The van der Waals surface area contributed by atoms with Crippen molar-refractivity contribution in [3.63, 3.8) is 0 Å². The van der Waals surface area contributed by atoms with Gasteiger partial charge in [-0.3, -0.25) is 0 Å². The first-order chi connectivity index (χ1) is 14.2. The topological polar surface area (TPSA) is 63.2 Å². The van der Waals surface area contributed by atoms with Crippen molar-refractivity contribution in [2.75, 3.05) is 14.2 Å². The Labute approximate surface area is 178 Å². The molecule has 2 heterocycles. The molecule has 1 saturated heterocycles. The maximum Gasteiger partial charge on any atom is 0.338 e. The largest absolute Gasteiger partial charge is 0.493 e. The fraction of sp³-hybridized carbons (Fsp3) is 0.542. The maximum atomic E-state index is 12.7. The van der Waals surface area contributed by atoms with E-state index >= 15 is 0 Å². The van der Waals surface area contributed by atoms with Crippen LogP contribution in [0, 0.1) is 5.92 Å². The number of methoxy groups -OCH3 is 2. The molecule has 3 aliphatic rings. The molecule has 4 atom stereocenters. The van der Waals surface area contributed by atoms with E-state index in [0.717, 1.165) is 24.8 Å². The van der Waals surface area contributed by atoms with Crippen LogP contribution in [-0.4, -0.2) is 37.5 Å². The molecular weight excluding hydrogens is 384 g/mol. The highest BCUT2D eigenvalue weighted by molar-refractivity contribution is 5.90. The zero-order valence-electron chi connectivity index (χ0n) is 18.5. The summed E-state index contributed by atoms with van der Waals surface area (Å²) in [4.78, 5) is 24.1. The molecule has 30 heavy (non-hydrogen) atoms. The molecule has 164 valence electrons. The van der Waals surface area contributed by atoms with Crippen molar-refractivity contribution in [1.82, 2.24) is 0 Å². The molecule has 0 N–H and O–H groups in total. The highest BCUT2D eigenvalue weighted by Crippen LogP contribution is 2.45. The summed E-state index contributed by atoms with van der Waals surface area (Å²) in [5.41, 5.74) is 0.492. The van der Waals surface area contributed by atoms with E-state index in [1.165, 1.54) is 7.11 Å². The lowest BCUT2D eigenvalue weighted by molar-refractivity contribution is -0.432. The van der Waals surface area contributed by atoms with Crippen LogP contribution in [0.15, 0.2) is 42.5 Å². The average molecular weight is 417 g/mol. The van der Waals surface area contributed by atoms with Gasteiger partial charge in [-0.1, -0.05) is 25.7 Å². The van der Waals surface area contributed by atoms with Crippen LogP contribution < -0.4 is 9.47 Å². The Hall–Kier alpha value is -2.31. The van der Waals surface area contributed by atoms with Crippen LogP contribution in [0.4, 0.5) is 0 Å². The molecule has 1 aliphatic carbocycles. The normalized spacial score (nSPS) is 26.7. The second-order valence-corrected chi connectivity index (χ2v) is 8.56. The third-order valence-electron chi connectivity index (χ3n) is 6.23. The Morgan fingerprint density at radius 3 is 2.40 bits per heavy atom. The number of carbonyl (C=O) groups is 1. The van der Waals surface area contributed by atoms with Gasteiger partial charge in [-0.2, -0.15) is 0 Å². The number of esters is 1. The predicted molar refractivity (Wildman–Crippen MR) is 114 cm³/mol. The summed E-state index contributed by atoms with van der Waals surface area (Å²) in [5, 5.41) is 0. The van der Waals surface area contributed by atoms with E-state index in [1.54, 1.807) is 25.3 Å². The number of hydrogen-bond acceptors (Lipinski definition) is 6. The molecule has 0 spiro atoms. The third kappa shape index (κ3) is 4.55. The van der Waals surface area contributed by atoms with Gasteiger partial charge in [0.05, 0.1) is 19.8 Å². The van der Waals surface area contributed by atoms with Gasteiger partial charge in [0.2, 0.25) is 0 Å². The Balaban J connectivity index is 1.63. The lowest BCUT2D eigenvalue weighted by Crippen LogP contribution is -2.51. The van der Waals surface area contributed by atoms with E-state index in [1.807, 2.05) is 13.8 Å². The number of benzene rings is 1. The van der Waals surface area contributed by atoms with Gasteiger partial charge in [-0.05, 0) is 69.2 Å². The molecule has 0 amide bonds. The van der Waals surface area contributed by atoms with Gasteiger partial charge in [0, 0.05) is 0 Å². The minimum absolute atomic E-state index is 0.209. The number of ether oxygens (including phenoxy) is 3. The molecular formula is C24H32O6. The molecule has 2 bridgehead atoms. The maximum absolute atomic E-state index is 12.7. The number of fused-ring (bicyclic) bond motifs is 2. The van der Waals surface area contributed by atoms with Crippen LogP contribution >= 0.6 is 0 Å². The monoisotopic (exact) mass is 416 g/mol. The molecule has 1 fully saturated rings. The minimum atomic E-state index is -0.416. The molecule has 2 aliphatic heterocycles. The van der Waals surface area contributed by atoms with Gasteiger partial charge in [0.25, 0.3) is 0 Å². The first kappa shape index (κ1) is 22.4. The lowest BCUT2D eigenvalue weighted by atomic mass is 9.74. The van der Waals surface area contributed by atoms with Crippen molar-refractivity contribution in [1.29, 1.82) is 0 Å². The van der Waals surface area contributed by atoms with Crippen LogP contribution in [0.3, 0.4) is 0 Å². The van der Waals surface area contributed by atoms with Crippen molar-refractivity contribution in [3.8, 4) is 11.5 Å². The molecule has 0 radical (unpaired) electrons. The summed E-state index contributed by atoms with van der Waals surface area (Å²) < 4.78 is 16.3.